The molecule has 7 nitrogen and oxygen atoms in total. The quantitative estimate of drug-likeness (QED) is 0.608. The number of nitrogens with zero attached hydrogens (tertiary/aromatic N) is 5. The van der Waals surface area contributed by atoms with E-state index >= 15 is 0 Å². The summed E-state index contributed by atoms with van der Waals surface area (Å²) in [5.41, 5.74) is 3.30. The molecular weight excluding hydrogens is 330 g/mol. The minimum atomic E-state index is 0.302. The summed E-state index contributed by atoms with van der Waals surface area (Å²) in [5, 5.41) is 8.63. The van der Waals surface area contributed by atoms with Crippen LogP contribution in [0.2, 0.25) is 0 Å². The Balaban J connectivity index is 1.34. The van der Waals surface area contributed by atoms with Gasteiger partial charge in [-0.2, -0.15) is 5.10 Å². The first kappa shape index (κ1) is 16.9. The number of ether oxygens (including phenoxy) is 1. The largest absolute Gasteiger partial charge is 0.377 e. The predicted molar refractivity (Wildman–Crippen MR) is 95.1 cm³/mol. The van der Waals surface area contributed by atoms with Gasteiger partial charge >= 0.3 is 0 Å². The second-order valence-corrected chi connectivity index (χ2v) is 6.72. The molecular formula is C19H23N5O2. The highest BCUT2D eigenvalue weighted by Crippen LogP contribution is 2.24. The third kappa shape index (κ3) is 4.00. The number of hydrogen-bond acceptors (Lipinski definition) is 6. The van der Waals surface area contributed by atoms with E-state index in [4.69, 9.17) is 9.26 Å². The second kappa shape index (κ2) is 7.80. The molecule has 4 rings (SSSR count). The molecule has 1 aliphatic rings. The fraction of sp³-hybridized carbons (Fsp3) is 0.421. The first-order valence-electron chi connectivity index (χ1n) is 8.91. The Morgan fingerprint density at radius 2 is 2.27 bits per heavy atom. The van der Waals surface area contributed by atoms with E-state index < -0.39 is 0 Å². The van der Waals surface area contributed by atoms with Crippen LogP contribution in [0.5, 0.6) is 0 Å². The molecule has 0 saturated heterocycles. The van der Waals surface area contributed by atoms with Crippen LogP contribution >= 0.6 is 0 Å². The molecule has 3 aromatic heterocycles. The summed E-state index contributed by atoms with van der Waals surface area (Å²) in [4.78, 5) is 6.50. The van der Waals surface area contributed by atoms with Crippen molar-refractivity contribution in [3.05, 3.63) is 65.6 Å². The van der Waals surface area contributed by atoms with Crippen LogP contribution in [0.3, 0.4) is 0 Å². The van der Waals surface area contributed by atoms with Gasteiger partial charge in [-0.1, -0.05) is 11.2 Å². The average molecular weight is 353 g/mol. The Labute approximate surface area is 152 Å². The number of rotatable bonds is 7. The topological polar surface area (TPSA) is 69.2 Å². The zero-order chi connectivity index (χ0) is 17.8. The van der Waals surface area contributed by atoms with Gasteiger partial charge in [0.15, 0.2) is 0 Å². The Kier molecular flexibility index (Phi) is 5.08. The Morgan fingerprint density at radius 3 is 3.08 bits per heavy atom. The van der Waals surface area contributed by atoms with E-state index in [0.29, 0.717) is 19.3 Å². The van der Waals surface area contributed by atoms with E-state index in [-0.39, 0.29) is 0 Å². The van der Waals surface area contributed by atoms with Gasteiger partial charge in [-0.25, -0.2) is 0 Å². The molecule has 0 unspecified atom stereocenters. The van der Waals surface area contributed by atoms with Gasteiger partial charge in [-0.15, -0.1) is 0 Å². The maximum Gasteiger partial charge on any atom is 0.133 e. The number of aryl methyl sites for hydroxylation is 1. The Bertz CT molecular complexity index is 829. The molecule has 1 atom stereocenters. The summed E-state index contributed by atoms with van der Waals surface area (Å²) in [7, 11) is 0. The molecule has 26 heavy (non-hydrogen) atoms. The molecule has 0 bridgehead atoms. The van der Waals surface area contributed by atoms with E-state index in [1.54, 1.807) is 6.20 Å². The molecule has 4 heterocycles. The number of fused-ring (bicyclic) bond motifs is 1. The molecule has 136 valence electrons. The van der Waals surface area contributed by atoms with E-state index in [2.05, 4.69) is 30.9 Å². The summed E-state index contributed by atoms with van der Waals surface area (Å²) < 4.78 is 13.2. The maximum absolute atomic E-state index is 5.84. The zero-order valence-electron chi connectivity index (χ0n) is 14.9. The fourth-order valence-corrected chi connectivity index (χ4v) is 3.41. The first-order chi connectivity index (χ1) is 12.8. The first-order valence-corrected chi connectivity index (χ1v) is 8.91. The standard InChI is InChI=1S/C19H23N5O2/c1-15-9-17(22-26-15)11-23-12-18-4-7-21-24(18)19(13-23)5-8-25-14-16-3-2-6-20-10-16/h2-4,6-7,9-10,19H,5,8,11-14H2,1H3/t19-/m1/s1. The molecule has 0 fully saturated rings. The van der Waals surface area contributed by atoms with Crippen LogP contribution < -0.4 is 0 Å². The average Bonchev–Trinajstić information content (AvgIpc) is 3.28. The van der Waals surface area contributed by atoms with Crippen LogP contribution in [0.15, 0.2) is 47.4 Å². The van der Waals surface area contributed by atoms with Crippen molar-refractivity contribution in [1.82, 2.24) is 24.8 Å². The third-order valence-electron chi connectivity index (χ3n) is 4.60. The Hall–Kier alpha value is -2.51. The highest BCUT2D eigenvalue weighted by atomic mass is 16.5. The van der Waals surface area contributed by atoms with Gasteiger partial charge in [-0.05, 0) is 31.0 Å². The van der Waals surface area contributed by atoms with Crippen molar-refractivity contribution in [2.75, 3.05) is 13.2 Å². The van der Waals surface area contributed by atoms with Crippen LogP contribution in [0.1, 0.15) is 35.2 Å². The minimum absolute atomic E-state index is 0.302. The lowest BCUT2D eigenvalue weighted by Crippen LogP contribution is -2.37. The molecule has 0 saturated carbocycles. The number of hydrogen-bond donors (Lipinski definition) is 0. The second-order valence-electron chi connectivity index (χ2n) is 6.72. The summed E-state index contributed by atoms with van der Waals surface area (Å²) >= 11 is 0. The highest BCUT2D eigenvalue weighted by molar-refractivity contribution is 5.08. The summed E-state index contributed by atoms with van der Waals surface area (Å²) in [6.07, 6.45) is 6.41. The van der Waals surface area contributed by atoms with Gasteiger partial charge in [0.2, 0.25) is 0 Å². The van der Waals surface area contributed by atoms with Crippen LogP contribution in [-0.2, 0) is 24.4 Å². The molecule has 0 amide bonds. The van der Waals surface area contributed by atoms with Crippen LogP contribution in [0.4, 0.5) is 0 Å². The lowest BCUT2D eigenvalue weighted by molar-refractivity contribution is 0.0866. The van der Waals surface area contributed by atoms with Crippen LogP contribution in [0.25, 0.3) is 0 Å². The van der Waals surface area contributed by atoms with Crippen molar-refractivity contribution >= 4 is 0 Å². The lowest BCUT2D eigenvalue weighted by atomic mass is 10.1. The van der Waals surface area contributed by atoms with Gasteiger partial charge in [0.25, 0.3) is 0 Å². The normalized spacial score (nSPS) is 17.3. The molecule has 3 aromatic rings. The van der Waals surface area contributed by atoms with Gasteiger partial charge in [0.05, 0.1) is 24.0 Å². The molecule has 0 N–H and O–H groups in total. The van der Waals surface area contributed by atoms with Crippen LogP contribution in [-0.4, -0.2) is 38.0 Å². The van der Waals surface area contributed by atoms with E-state index in [0.717, 1.165) is 43.1 Å². The van der Waals surface area contributed by atoms with Crippen molar-refractivity contribution in [1.29, 1.82) is 0 Å². The summed E-state index contributed by atoms with van der Waals surface area (Å²) in [6.45, 7) is 5.79. The molecule has 0 spiro atoms. The van der Waals surface area contributed by atoms with Crippen molar-refractivity contribution in [2.24, 2.45) is 0 Å². The van der Waals surface area contributed by atoms with Crippen molar-refractivity contribution < 1.29 is 9.26 Å². The summed E-state index contributed by atoms with van der Waals surface area (Å²) in [6, 6.07) is 8.34. The van der Waals surface area contributed by atoms with Gasteiger partial charge in [0.1, 0.15) is 5.76 Å². The predicted octanol–water partition coefficient (Wildman–Crippen LogP) is 2.74. The van der Waals surface area contributed by atoms with Crippen molar-refractivity contribution in [3.63, 3.8) is 0 Å². The molecule has 0 aromatic carbocycles. The van der Waals surface area contributed by atoms with Crippen molar-refractivity contribution in [3.8, 4) is 0 Å². The minimum Gasteiger partial charge on any atom is -0.377 e. The lowest BCUT2D eigenvalue weighted by Gasteiger charge is -2.33. The van der Waals surface area contributed by atoms with E-state index in [1.807, 2.05) is 37.5 Å². The number of aromatic nitrogens is 4. The SMILES string of the molecule is Cc1cc(CN2Cc3ccnn3[C@H](CCOCc3cccnc3)C2)no1. The van der Waals surface area contributed by atoms with Gasteiger partial charge < -0.3 is 9.26 Å². The molecule has 0 aliphatic carbocycles. The molecule has 0 radical (unpaired) electrons. The maximum atomic E-state index is 5.84. The Morgan fingerprint density at radius 1 is 1.31 bits per heavy atom. The van der Waals surface area contributed by atoms with E-state index in [1.165, 1.54) is 5.69 Å². The van der Waals surface area contributed by atoms with E-state index in [9.17, 15) is 0 Å². The number of pyridine rings is 1. The summed E-state index contributed by atoms with van der Waals surface area (Å²) in [5.74, 6) is 0.849. The van der Waals surface area contributed by atoms with Crippen LogP contribution in [0, 0.1) is 6.92 Å². The van der Waals surface area contributed by atoms with Crippen molar-refractivity contribution in [2.45, 2.75) is 39.1 Å². The molecule has 7 heteroatoms. The monoisotopic (exact) mass is 353 g/mol. The molecule has 1 aliphatic heterocycles. The van der Waals surface area contributed by atoms with Gasteiger partial charge in [-0.3, -0.25) is 14.6 Å². The zero-order valence-corrected chi connectivity index (χ0v) is 14.9. The third-order valence-corrected chi connectivity index (χ3v) is 4.60. The smallest absolute Gasteiger partial charge is 0.133 e. The highest BCUT2D eigenvalue weighted by Gasteiger charge is 2.26. The van der Waals surface area contributed by atoms with Gasteiger partial charge in [0, 0.05) is 50.9 Å². The fourth-order valence-electron chi connectivity index (χ4n) is 3.41.